The van der Waals surface area contributed by atoms with Crippen LogP contribution in [0, 0.1) is 0 Å². The Morgan fingerprint density at radius 1 is 1.37 bits per heavy atom. The van der Waals surface area contributed by atoms with Gasteiger partial charge in [-0.2, -0.15) is 0 Å². The highest BCUT2D eigenvalue weighted by Crippen LogP contribution is 2.31. The highest BCUT2D eigenvalue weighted by atomic mass is 35.5. The predicted octanol–water partition coefficient (Wildman–Crippen LogP) is 4.41. The molecule has 0 radical (unpaired) electrons. The van der Waals surface area contributed by atoms with E-state index in [9.17, 15) is 4.79 Å². The molecule has 1 heterocycles. The molecule has 0 bridgehead atoms. The zero-order chi connectivity index (χ0) is 14.0. The number of fused-ring (bicyclic) bond motifs is 1. The average molecular weight is 282 g/mol. The number of hydrogen-bond donors (Lipinski definition) is 0. The lowest BCUT2D eigenvalue weighted by molar-refractivity contribution is 0.101. The molecule has 0 aliphatic carbocycles. The Labute approximate surface area is 116 Å². The van der Waals surface area contributed by atoms with Crippen LogP contribution in [0.15, 0.2) is 24.3 Å². The van der Waals surface area contributed by atoms with E-state index in [0.717, 1.165) is 10.9 Å². The van der Waals surface area contributed by atoms with Crippen LogP contribution in [0.4, 0.5) is 4.79 Å². The van der Waals surface area contributed by atoms with Crippen molar-refractivity contribution in [2.45, 2.75) is 26.8 Å². The van der Waals surface area contributed by atoms with Crippen LogP contribution in [-0.2, 0) is 4.74 Å². The lowest BCUT2D eigenvalue weighted by Gasteiger charge is -2.13. The minimum atomic E-state index is -0.696. The van der Waals surface area contributed by atoms with Gasteiger partial charge in [0, 0.05) is 22.5 Å². The molecule has 0 aliphatic heterocycles. The summed E-state index contributed by atoms with van der Waals surface area (Å²) in [6, 6.07) is 7.52. The lowest BCUT2D eigenvalue weighted by atomic mass is 10.2. The Kier molecular flexibility index (Phi) is 4.00. The highest BCUT2D eigenvalue weighted by Gasteiger charge is 2.16. The highest BCUT2D eigenvalue weighted by molar-refractivity contribution is 6.31. The van der Waals surface area contributed by atoms with E-state index in [4.69, 9.17) is 21.1 Å². The molecular formula is C14H16ClNO3. The van der Waals surface area contributed by atoms with E-state index in [1.54, 1.807) is 13.0 Å². The second-order valence-electron chi connectivity index (χ2n) is 4.43. The zero-order valence-electron chi connectivity index (χ0n) is 11.1. The minimum Gasteiger partial charge on any atom is -0.434 e. The van der Waals surface area contributed by atoms with Crippen molar-refractivity contribution >= 4 is 28.7 Å². The molecule has 0 unspecified atom stereocenters. The van der Waals surface area contributed by atoms with Crippen molar-refractivity contribution in [3.05, 3.63) is 29.3 Å². The first-order valence-electron chi connectivity index (χ1n) is 6.18. The second-order valence-corrected chi connectivity index (χ2v) is 4.87. The van der Waals surface area contributed by atoms with Gasteiger partial charge in [-0.15, -0.1) is 0 Å². The number of carbonyl (C=O) groups excluding carboxylic acids is 1. The summed E-state index contributed by atoms with van der Waals surface area (Å²) >= 11 is 5.97. The number of hydrogen-bond acceptors (Lipinski definition) is 3. The van der Waals surface area contributed by atoms with Crippen molar-refractivity contribution in [1.82, 2.24) is 4.57 Å². The molecule has 0 amide bonds. The summed E-state index contributed by atoms with van der Waals surface area (Å²) in [6.45, 7) is 6.06. The SMILES string of the molecule is CCOC(=O)Oc1cc2cc(Cl)ccc2n1C(C)C. The van der Waals surface area contributed by atoms with Gasteiger partial charge in [0.2, 0.25) is 5.88 Å². The third-order valence-electron chi connectivity index (χ3n) is 2.73. The first kappa shape index (κ1) is 13.7. The second kappa shape index (κ2) is 5.53. The molecule has 2 aromatic rings. The van der Waals surface area contributed by atoms with Gasteiger partial charge in [-0.1, -0.05) is 11.6 Å². The molecule has 0 aliphatic rings. The number of carbonyl (C=O) groups is 1. The van der Waals surface area contributed by atoms with Crippen LogP contribution >= 0.6 is 11.6 Å². The van der Waals surface area contributed by atoms with Crippen LogP contribution in [-0.4, -0.2) is 17.3 Å². The molecule has 0 saturated heterocycles. The van der Waals surface area contributed by atoms with E-state index >= 15 is 0 Å². The Balaban J connectivity index is 2.47. The molecule has 0 atom stereocenters. The van der Waals surface area contributed by atoms with Crippen LogP contribution < -0.4 is 4.74 Å². The fraction of sp³-hybridized carbons (Fsp3) is 0.357. The van der Waals surface area contributed by atoms with Crippen LogP contribution in [0.25, 0.3) is 10.9 Å². The Morgan fingerprint density at radius 3 is 2.74 bits per heavy atom. The third-order valence-corrected chi connectivity index (χ3v) is 2.97. The maximum Gasteiger partial charge on any atom is 0.515 e. The Morgan fingerprint density at radius 2 is 2.11 bits per heavy atom. The molecule has 2 rings (SSSR count). The maximum atomic E-state index is 11.4. The normalized spacial score (nSPS) is 11.0. The standard InChI is InChI=1S/C14H16ClNO3/c1-4-18-14(17)19-13-8-10-7-11(15)5-6-12(10)16(13)9(2)3/h5-9H,4H2,1-3H3. The molecule has 4 nitrogen and oxygen atoms in total. The fourth-order valence-corrected chi connectivity index (χ4v) is 2.21. The van der Waals surface area contributed by atoms with Crippen LogP contribution in [0.1, 0.15) is 26.8 Å². The molecule has 0 saturated carbocycles. The number of benzene rings is 1. The third kappa shape index (κ3) is 2.84. The van der Waals surface area contributed by atoms with E-state index < -0.39 is 6.16 Å². The smallest absolute Gasteiger partial charge is 0.434 e. The van der Waals surface area contributed by atoms with E-state index in [1.807, 2.05) is 36.6 Å². The van der Waals surface area contributed by atoms with Crippen molar-refractivity contribution < 1.29 is 14.3 Å². The first-order chi connectivity index (χ1) is 9.02. The van der Waals surface area contributed by atoms with Crippen LogP contribution in [0.2, 0.25) is 5.02 Å². The molecular weight excluding hydrogens is 266 g/mol. The van der Waals surface area contributed by atoms with Gasteiger partial charge in [0.05, 0.1) is 12.1 Å². The number of halogens is 1. The van der Waals surface area contributed by atoms with E-state index in [-0.39, 0.29) is 12.6 Å². The number of nitrogens with zero attached hydrogens (tertiary/aromatic N) is 1. The topological polar surface area (TPSA) is 40.5 Å². The molecule has 1 aromatic heterocycles. The number of aromatic nitrogens is 1. The van der Waals surface area contributed by atoms with Gasteiger partial charge >= 0.3 is 6.16 Å². The lowest BCUT2D eigenvalue weighted by Crippen LogP contribution is -2.13. The molecule has 0 N–H and O–H groups in total. The zero-order valence-corrected chi connectivity index (χ0v) is 11.9. The number of rotatable bonds is 3. The van der Waals surface area contributed by atoms with Crippen molar-refractivity contribution in [2.75, 3.05) is 6.61 Å². The summed E-state index contributed by atoms with van der Waals surface area (Å²) in [5.41, 5.74) is 0.971. The van der Waals surface area contributed by atoms with Crippen molar-refractivity contribution in [1.29, 1.82) is 0 Å². The van der Waals surface area contributed by atoms with Gasteiger partial charge in [0.25, 0.3) is 0 Å². The van der Waals surface area contributed by atoms with E-state index in [2.05, 4.69) is 0 Å². The Bertz CT molecular complexity index is 604. The molecule has 0 spiro atoms. The summed E-state index contributed by atoms with van der Waals surface area (Å²) < 4.78 is 12.0. The summed E-state index contributed by atoms with van der Waals surface area (Å²) in [5.74, 6) is 0.464. The van der Waals surface area contributed by atoms with Gasteiger partial charge in [-0.05, 0) is 39.0 Å². The van der Waals surface area contributed by atoms with Gasteiger partial charge in [0.15, 0.2) is 0 Å². The predicted molar refractivity (Wildman–Crippen MR) is 75.0 cm³/mol. The largest absolute Gasteiger partial charge is 0.515 e. The monoisotopic (exact) mass is 281 g/mol. The summed E-state index contributed by atoms with van der Waals surface area (Å²) in [4.78, 5) is 11.4. The summed E-state index contributed by atoms with van der Waals surface area (Å²) in [6.07, 6.45) is -0.696. The van der Waals surface area contributed by atoms with Gasteiger partial charge in [0.1, 0.15) is 0 Å². The van der Waals surface area contributed by atoms with Gasteiger partial charge in [-0.25, -0.2) is 4.79 Å². The summed E-state index contributed by atoms with van der Waals surface area (Å²) in [7, 11) is 0. The Hall–Kier alpha value is -1.68. The van der Waals surface area contributed by atoms with Crippen molar-refractivity contribution in [2.24, 2.45) is 0 Å². The van der Waals surface area contributed by atoms with Gasteiger partial charge < -0.3 is 14.0 Å². The van der Waals surface area contributed by atoms with Crippen molar-refractivity contribution in [3.8, 4) is 5.88 Å². The maximum absolute atomic E-state index is 11.4. The van der Waals surface area contributed by atoms with Crippen molar-refractivity contribution in [3.63, 3.8) is 0 Å². The van der Waals surface area contributed by atoms with E-state index in [1.165, 1.54) is 0 Å². The molecule has 0 fully saturated rings. The minimum absolute atomic E-state index is 0.156. The molecule has 102 valence electrons. The first-order valence-corrected chi connectivity index (χ1v) is 6.55. The van der Waals surface area contributed by atoms with Gasteiger partial charge in [-0.3, -0.25) is 0 Å². The molecule has 19 heavy (non-hydrogen) atoms. The van der Waals surface area contributed by atoms with Crippen LogP contribution in [0.5, 0.6) is 5.88 Å². The number of ether oxygens (including phenoxy) is 2. The fourth-order valence-electron chi connectivity index (χ4n) is 2.03. The van der Waals surface area contributed by atoms with E-state index in [0.29, 0.717) is 10.9 Å². The average Bonchev–Trinajstić information content (AvgIpc) is 2.65. The molecule has 5 heteroatoms. The summed E-state index contributed by atoms with van der Waals surface area (Å²) in [5, 5.41) is 1.58. The van der Waals surface area contributed by atoms with Crippen LogP contribution in [0.3, 0.4) is 0 Å². The molecule has 1 aromatic carbocycles. The quantitative estimate of drug-likeness (QED) is 0.782.